The Hall–Kier alpha value is -4.01. The summed E-state index contributed by atoms with van der Waals surface area (Å²) in [5.41, 5.74) is 2.62. The molecule has 31 heavy (non-hydrogen) atoms. The molecule has 2 N–H and O–H groups in total. The molecule has 9 heteroatoms. The van der Waals surface area contributed by atoms with Gasteiger partial charge in [0.15, 0.2) is 0 Å². The number of nitro benzene ring substituents is 1. The number of rotatable bonds is 7. The Morgan fingerprint density at radius 2 is 1.81 bits per heavy atom. The van der Waals surface area contributed by atoms with Crippen LogP contribution in [0.5, 0.6) is 0 Å². The Balaban J connectivity index is 1.37. The number of hydrogen-bond acceptors (Lipinski definition) is 5. The van der Waals surface area contributed by atoms with Crippen LogP contribution < -0.4 is 10.6 Å². The Kier molecular flexibility index (Phi) is 5.48. The van der Waals surface area contributed by atoms with Crippen molar-refractivity contribution in [2.75, 3.05) is 5.32 Å². The molecule has 9 nitrogen and oxygen atoms in total. The summed E-state index contributed by atoms with van der Waals surface area (Å²) in [6.07, 6.45) is 4.92. The summed E-state index contributed by atoms with van der Waals surface area (Å²) in [4.78, 5) is 34.7. The smallest absolute Gasteiger partial charge is 0.269 e. The van der Waals surface area contributed by atoms with Crippen LogP contribution in [-0.4, -0.2) is 26.5 Å². The lowest BCUT2D eigenvalue weighted by Crippen LogP contribution is -2.26. The molecule has 1 aliphatic rings. The Morgan fingerprint density at radius 3 is 2.42 bits per heavy atom. The minimum atomic E-state index is -0.472. The van der Waals surface area contributed by atoms with E-state index in [0.29, 0.717) is 11.3 Å². The summed E-state index contributed by atoms with van der Waals surface area (Å²) in [6.45, 7) is 1.87. The molecule has 0 saturated heterocycles. The van der Waals surface area contributed by atoms with Gasteiger partial charge in [-0.3, -0.25) is 19.7 Å². The summed E-state index contributed by atoms with van der Waals surface area (Å²) < 4.78 is 1.49. The maximum Gasteiger partial charge on any atom is 0.269 e. The lowest BCUT2D eigenvalue weighted by molar-refractivity contribution is -0.384. The third-order valence-corrected chi connectivity index (χ3v) is 5.14. The van der Waals surface area contributed by atoms with E-state index in [0.717, 1.165) is 24.1 Å². The molecule has 0 radical (unpaired) electrons. The number of nitrogens with one attached hydrogen (secondary N) is 2. The van der Waals surface area contributed by atoms with Gasteiger partial charge in [-0.15, -0.1) is 0 Å². The van der Waals surface area contributed by atoms with Crippen LogP contribution in [0.25, 0.3) is 5.69 Å². The molecule has 158 valence electrons. The number of nitro groups is 1. The fourth-order valence-electron chi connectivity index (χ4n) is 3.12. The standard InChI is InChI=1S/C22H21N5O4/c1-14(15-4-6-18(7-5-15)25-21(28)16-2-3-16)24-22(29)17-12-23-26(13-17)19-8-10-20(11-9-19)27(30)31/h4-14,16H,2-3H2,1H3,(H,24,29)(H,25,28). The van der Waals surface area contributed by atoms with E-state index in [9.17, 15) is 19.7 Å². The van der Waals surface area contributed by atoms with Crippen LogP contribution in [0.1, 0.15) is 41.7 Å². The number of anilines is 1. The quantitative estimate of drug-likeness (QED) is 0.448. The highest BCUT2D eigenvalue weighted by Gasteiger charge is 2.29. The van der Waals surface area contributed by atoms with E-state index in [4.69, 9.17) is 0 Å². The highest BCUT2D eigenvalue weighted by atomic mass is 16.6. The van der Waals surface area contributed by atoms with E-state index < -0.39 is 4.92 Å². The predicted molar refractivity (Wildman–Crippen MR) is 114 cm³/mol. The van der Waals surface area contributed by atoms with E-state index in [2.05, 4.69) is 15.7 Å². The molecule has 0 aliphatic heterocycles. The number of non-ortho nitro benzene ring substituents is 1. The molecule has 0 bridgehead atoms. The Labute approximate surface area is 178 Å². The summed E-state index contributed by atoms with van der Waals surface area (Å²) in [6, 6.07) is 13.0. The molecule has 2 aromatic carbocycles. The van der Waals surface area contributed by atoms with E-state index in [-0.39, 0.29) is 29.5 Å². The Bertz CT molecular complexity index is 1120. The average Bonchev–Trinajstić information content (AvgIpc) is 3.51. The summed E-state index contributed by atoms with van der Waals surface area (Å²) in [5, 5.41) is 20.7. The van der Waals surface area contributed by atoms with E-state index >= 15 is 0 Å². The van der Waals surface area contributed by atoms with Crippen LogP contribution in [0, 0.1) is 16.0 Å². The third-order valence-electron chi connectivity index (χ3n) is 5.14. The first-order valence-electron chi connectivity index (χ1n) is 9.92. The van der Waals surface area contributed by atoms with Crippen LogP contribution in [0.15, 0.2) is 60.9 Å². The molecule has 1 saturated carbocycles. The van der Waals surface area contributed by atoms with Gasteiger partial charge in [-0.2, -0.15) is 5.10 Å². The molecule has 1 unspecified atom stereocenters. The van der Waals surface area contributed by atoms with Gasteiger partial charge in [0.1, 0.15) is 0 Å². The molecular formula is C22H21N5O4. The normalized spacial score (nSPS) is 14.0. The van der Waals surface area contributed by atoms with E-state index in [1.54, 1.807) is 18.3 Å². The van der Waals surface area contributed by atoms with Crippen molar-refractivity contribution in [1.29, 1.82) is 0 Å². The molecule has 3 aromatic rings. The second-order valence-corrected chi connectivity index (χ2v) is 7.53. The van der Waals surface area contributed by atoms with Crippen molar-refractivity contribution < 1.29 is 14.5 Å². The molecule has 1 atom stereocenters. The highest BCUT2D eigenvalue weighted by molar-refractivity contribution is 5.94. The van der Waals surface area contributed by atoms with Crippen molar-refractivity contribution in [3.8, 4) is 5.69 Å². The number of hydrogen-bond donors (Lipinski definition) is 2. The molecule has 1 aliphatic carbocycles. The summed E-state index contributed by atoms with van der Waals surface area (Å²) >= 11 is 0. The number of carbonyl (C=O) groups is 2. The van der Waals surface area contributed by atoms with Crippen molar-refractivity contribution in [1.82, 2.24) is 15.1 Å². The molecule has 0 spiro atoms. The molecule has 1 aromatic heterocycles. The zero-order valence-corrected chi connectivity index (χ0v) is 16.8. The minimum absolute atomic E-state index is 0.0131. The minimum Gasteiger partial charge on any atom is -0.345 e. The van der Waals surface area contributed by atoms with Gasteiger partial charge < -0.3 is 10.6 Å². The van der Waals surface area contributed by atoms with Gasteiger partial charge in [0.25, 0.3) is 11.6 Å². The fourth-order valence-corrected chi connectivity index (χ4v) is 3.12. The first kappa shape index (κ1) is 20.3. The largest absolute Gasteiger partial charge is 0.345 e. The van der Waals surface area contributed by atoms with Crippen LogP contribution in [0.4, 0.5) is 11.4 Å². The first-order valence-corrected chi connectivity index (χ1v) is 9.92. The molecular weight excluding hydrogens is 398 g/mol. The van der Waals surface area contributed by atoms with E-state index in [1.165, 1.54) is 23.0 Å². The Morgan fingerprint density at radius 1 is 1.13 bits per heavy atom. The second-order valence-electron chi connectivity index (χ2n) is 7.53. The highest BCUT2D eigenvalue weighted by Crippen LogP contribution is 2.30. The van der Waals surface area contributed by atoms with Gasteiger partial charge in [-0.1, -0.05) is 12.1 Å². The van der Waals surface area contributed by atoms with Gasteiger partial charge in [-0.05, 0) is 49.6 Å². The zero-order valence-electron chi connectivity index (χ0n) is 16.8. The number of nitrogens with zero attached hydrogens (tertiary/aromatic N) is 3. The SMILES string of the molecule is CC(NC(=O)c1cnn(-c2ccc([N+](=O)[O-])cc2)c1)c1ccc(NC(=O)C2CC2)cc1. The molecule has 2 amide bonds. The van der Waals surface area contributed by atoms with Gasteiger partial charge in [0.05, 0.1) is 28.4 Å². The number of aromatic nitrogens is 2. The number of benzene rings is 2. The molecule has 4 rings (SSSR count). The topological polar surface area (TPSA) is 119 Å². The van der Waals surface area contributed by atoms with Crippen molar-refractivity contribution in [3.63, 3.8) is 0 Å². The van der Waals surface area contributed by atoms with Crippen molar-refractivity contribution in [2.24, 2.45) is 5.92 Å². The zero-order chi connectivity index (χ0) is 22.0. The van der Waals surface area contributed by atoms with Gasteiger partial charge >= 0.3 is 0 Å². The maximum absolute atomic E-state index is 12.6. The number of amides is 2. The van der Waals surface area contributed by atoms with Gasteiger partial charge in [0, 0.05) is 29.9 Å². The van der Waals surface area contributed by atoms with Gasteiger partial charge in [0.2, 0.25) is 5.91 Å². The predicted octanol–water partition coefficient (Wildman–Crippen LogP) is 3.62. The number of carbonyl (C=O) groups excluding carboxylic acids is 2. The lowest BCUT2D eigenvalue weighted by Gasteiger charge is -2.14. The fraction of sp³-hybridized carbons (Fsp3) is 0.227. The maximum atomic E-state index is 12.6. The van der Waals surface area contributed by atoms with Crippen LogP contribution in [-0.2, 0) is 4.79 Å². The van der Waals surface area contributed by atoms with E-state index in [1.807, 2.05) is 31.2 Å². The van der Waals surface area contributed by atoms with Crippen molar-refractivity contribution >= 4 is 23.2 Å². The first-order chi connectivity index (χ1) is 14.9. The van der Waals surface area contributed by atoms with Crippen molar-refractivity contribution in [3.05, 3.63) is 82.2 Å². The molecule has 1 fully saturated rings. The monoisotopic (exact) mass is 419 g/mol. The van der Waals surface area contributed by atoms with Gasteiger partial charge in [-0.25, -0.2) is 4.68 Å². The molecule has 1 heterocycles. The lowest BCUT2D eigenvalue weighted by atomic mass is 10.1. The third kappa shape index (κ3) is 4.77. The second kappa shape index (κ2) is 8.39. The van der Waals surface area contributed by atoms with Crippen LogP contribution >= 0.6 is 0 Å². The average molecular weight is 419 g/mol. The van der Waals surface area contributed by atoms with Crippen LogP contribution in [0.2, 0.25) is 0 Å². The van der Waals surface area contributed by atoms with Crippen molar-refractivity contribution in [2.45, 2.75) is 25.8 Å². The summed E-state index contributed by atoms with van der Waals surface area (Å²) in [5.74, 6) is -0.0873. The summed E-state index contributed by atoms with van der Waals surface area (Å²) in [7, 11) is 0. The van der Waals surface area contributed by atoms with Crippen LogP contribution in [0.3, 0.4) is 0 Å².